The first-order chi connectivity index (χ1) is 7.79. The summed E-state index contributed by atoms with van der Waals surface area (Å²) >= 11 is 6.25. The fourth-order valence-corrected chi connectivity index (χ4v) is 2.23. The van der Waals surface area contributed by atoms with Crippen LogP contribution >= 0.6 is 11.6 Å². The molecule has 1 nitrogen and oxygen atoms in total. The van der Waals surface area contributed by atoms with Crippen molar-refractivity contribution < 1.29 is 0 Å². The number of nitrogens with one attached hydrogen (secondary N) is 1. The zero-order valence-electron chi connectivity index (χ0n) is 10.3. The van der Waals surface area contributed by atoms with E-state index in [1.807, 2.05) is 12.1 Å². The lowest BCUT2D eigenvalue weighted by Crippen LogP contribution is -2.21. The summed E-state index contributed by atoms with van der Waals surface area (Å²) in [6.07, 6.45) is 3.72. The van der Waals surface area contributed by atoms with Gasteiger partial charge in [0, 0.05) is 11.6 Å². The highest BCUT2D eigenvalue weighted by molar-refractivity contribution is 6.31. The van der Waals surface area contributed by atoms with Crippen molar-refractivity contribution >= 4 is 11.6 Å². The van der Waals surface area contributed by atoms with Gasteiger partial charge in [0.05, 0.1) is 0 Å². The van der Waals surface area contributed by atoms with E-state index in [-0.39, 0.29) is 0 Å². The Bertz CT molecular complexity index is 291. The molecular weight excluding hydrogens is 218 g/mol. The van der Waals surface area contributed by atoms with Crippen molar-refractivity contribution in [2.75, 3.05) is 13.1 Å². The molecule has 16 heavy (non-hydrogen) atoms. The largest absolute Gasteiger partial charge is 0.316 e. The predicted octanol–water partition coefficient (Wildman–Crippen LogP) is 4.22. The molecule has 0 spiro atoms. The first-order valence-electron chi connectivity index (χ1n) is 6.24. The van der Waals surface area contributed by atoms with Crippen molar-refractivity contribution in [2.24, 2.45) is 0 Å². The van der Waals surface area contributed by atoms with Gasteiger partial charge in [-0.3, -0.25) is 0 Å². The minimum atomic E-state index is 0.550. The number of hydrogen-bond donors (Lipinski definition) is 1. The molecule has 1 atom stereocenters. The normalized spacial score (nSPS) is 12.7. The maximum Gasteiger partial charge on any atom is 0.0441 e. The number of benzene rings is 1. The summed E-state index contributed by atoms with van der Waals surface area (Å²) in [6.45, 7) is 6.42. The first kappa shape index (κ1) is 13.5. The lowest BCUT2D eigenvalue weighted by Gasteiger charge is -2.18. The van der Waals surface area contributed by atoms with E-state index in [4.69, 9.17) is 11.6 Å². The maximum atomic E-state index is 6.25. The average molecular weight is 240 g/mol. The maximum absolute atomic E-state index is 6.25. The molecule has 0 amide bonds. The third-order valence-electron chi connectivity index (χ3n) is 2.89. The first-order valence-corrected chi connectivity index (χ1v) is 6.62. The Kier molecular flexibility index (Phi) is 6.51. The van der Waals surface area contributed by atoms with Crippen LogP contribution in [0.1, 0.15) is 44.6 Å². The number of unbranched alkanes of at least 4 members (excludes halogenated alkanes) is 1. The van der Waals surface area contributed by atoms with Crippen LogP contribution in [0, 0.1) is 0 Å². The van der Waals surface area contributed by atoms with Gasteiger partial charge in [0.2, 0.25) is 0 Å². The second-order valence-corrected chi connectivity index (χ2v) is 4.58. The van der Waals surface area contributed by atoms with Crippen LogP contribution in [-0.2, 0) is 0 Å². The van der Waals surface area contributed by atoms with Crippen LogP contribution in [-0.4, -0.2) is 13.1 Å². The van der Waals surface area contributed by atoms with Crippen LogP contribution < -0.4 is 5.32 Å². The van der Waals surface area contributed by atoms with Crippen molar-refractivity contribution in [3.63, 3.8) is 0 Å². The molecule has 1 unspecified atom stereocenters. The Morgan fingerprint density at radius 2 is 2.00 bits per heavy atom. The molecule has 1 rings (SSSR count). The van der Waals surface area contributed by atoms with Gasteiger partial charge < -0.3 is 5.32 Å². The summed E-state index contributed by atoms with van der Waals surface area (Å²) in [5.41, 5.74) is 1.29. The van der Waals surface area contributed by atoms with Crippen molar-refractivity contribution in [3.05, 3.63) is 34.9 Å². The predicted molar refractivity (Wildman–Crippen MR) is 72.3 cm³/mol. The van der Waals surface area contributed by atoms with Gasteiger partial charge >= 0.3 is 0 Å². The Morgan fingerprint density at radius 1 is 1.25 bits per heavy atom. The lowest BCUT2D eigenvalue weighted by molar-refractivity contribution is 0.538. The van der Waals surface area contributed by atoms with Crippen molar-refractivity contribution in [1.29, 1.82) is 0 Å². The van der Waals surface area contributed by atoms with Crippen molar-refractivity contribution in [3.8, 4) is 0 Å². The number of hydrogen-bond acceptors (Lipinski definition) is 1. The molecule has 1 aromatic carbocycles. The van der Waals surface area contributed by atoms with E-state index in [9.17, 15) is 0 Å². The molecule has 0 bridgehead atoms. The smallest absolute Gasteiger partial charge is 0.0441 e. The van der Waals surface area contributed by atoms with Crippen LogP contribution in [0.25, 0.3) is 0 Å². The van der Waals surface area contributed by atoms with E-state index in [2.05, 4.69) is 31.3 Å². The second kappa shape index (κ2) is 7.70. The molecule has 90 valence electrons. The van der Waals surface area contributed by atoms with Crippen LogP contribution in [0.3, 0.4) is 0 Å². The van der Waals surface area contributed by atoms with Gasteiger partial charge in [0.15, 0.2) is 0 Å². The topological polar surface area (TPSA) is 12.0 Å². The minimum absolute atomic E-state index is 0.550. The van der Waals surface area contributed by atoms with Crippen LogP contribution in [0.4, 0.5) is 0 Å². The van der Waals surface area contributed by atoms with E-state index in [1.165, 1.54) is 24.8 Å². The summed E-state index contributed by atoms with van der Waals surface area (Å²) in [5, 5.41) is 4.33. The van der Waals surface area contributed by atoms with Gasteiger partial charge in [0.1, 0.15) is 0 Å². The molecule has 0 aliphatic carbocycles. The molecule has 0 radical (unpaired) electrons. The van der Waals surface area contributed by atoms with Crippen LogP contribution in [0.15, 0.2) is 24.3 Å². The molecule has 0 saturated carbocycles. The molecule has 0 aromatic heterocycles. The van der Waals surface area contributed by atoms with E-state index >= 15 is 0 Å². The molecule has 1 N–H and O–H groups in total. The SMILES string of the molecule is CCCCC(CNCC)c1ccccc1Cl. The summed E-state index contributed by atoms with van der Waals surface area (Å²) < 4.78 is 0. The molecule has 0 saturated heterocycles. The summed E-state index contributed by atoms with van der Waals surface area (Å²) in [7, 11) is 0. The Balaban J connectivity index is 2.70. The van der Waals surface area contributed by atoms with Crippen molar-refractivity contribution in [1.82, 2.24) is 5.32 Å². The third kappa shape index (κ3) is 4.15. The summed E-state index contributed by atoms with van der Waals surface area (Å²) in [4.78, 5) is 0. The molecule has 0 fully saturated rings. The van der Waals surface area contributed by atoms with Gasteiger partial charge in [-0.15, -0.1) is 0 Å². The van der Waals surface area contributed by atoms with Crippen LogP contribution in [0.5, 0.6) is 0 Å². The molecular formula is C14H22ClN. The number of halogens is 1. The molecule has 0 heterocycles. The lowest BCUT2D eigenvalue weighted by atomic mass is 9.93. The van der Waals surface area contributed by atoms with E-state index in [0.717, 1.165) is 18.1 Å². The monoisotopic (exact) mass is 239 g/mol. The molecule has 1 aromatic rings. The number of rotatable bonds is 7. The van der Waals surface area contributed by atoms with E-state index in [0.29, 0.717) is 5.92 Å². The van der Waals surface area contributed by atoms with Gasteiger partial charge in [-0.25, -0.2) is 0 Å². The average Bonchev–Trinajstić information content (AvgIpc) is 2.31. The molecule has 2 heteroatoms. The zero-order valence-corrected chi connectivity index (χ0v) is 11.1. The van der Waals surface area contributed by atoms with Gasteiger partial charge in [-0.2, -0.15) is 0 Å². The Hall–Kier alpha value is -0.530. The van der Waals surface area contributed by atoms with E-state index < -0.39 is 0 Å². The summed E-state index contributed by atoms with van der Waals surface area (Å²) in [5.74, 6) is 0.550. The molecule has 0 aliphatic rings. The van der Waals surface area contributed by atoms with E-state index in [1.54, 1.807) is 0 Å². The standard InChI is InChI=1S/C14H22ClN/c1-3-5-8-12(11-16-4-2)13-9-6-7-10-14(13)15/h6-7,9-10,12,16H,3-5,8,11H2,1-2H3. The fraction of sp³-hybridized carbons (Fsp3) is 0.571. The third-order valence-corrected chi connectivity index (χ3v) is 3.24. The quantitative estimate of drug-likeness (QED) is 0.751. The second-order valence-electron chi connectivity index (χ2n) is 4.17. The molecule has 0 aliphatic heterocycles. The summed E-state index contributed by atoms with van der Waals surface area (Å²) in [6, 6.07) is 8.21. The van der Waals surface area contributed by atoms with Gasteiger partial charge in [0.25, 0.3) is 0 Å². The fourth-order valence-electron chi connectivity index (χ4n) is 1.94. The highest BCUT2D eigenvalue weighted by Crippen LogP contribution is 2.27. The van der Waals surface area contributed by atoms with Gasteiger partial charge in [-0.1, -0.05) is 56.5 Å². The van der Waals surface area contributed by atoms with Gasteiger partial charge in [-0.05, 0) is 30.5 Å². The Labute approximate surface area is 104 Å². The number of likely N-dealkylation sites (N-methyl/N-ethyl adjacent to an activating group) is 1. The Morgan fingerprint density at radius 3 is 2.62 bits per heavy atom. The highest BCUT2D eigenvalue weighted by Gasteiger charge is 2.13. The minimum Gasteiger partial charge on any atom is -0.316 e. The van der Waals surface area contributed by atoms with Crippen LogP contribution in [0.2, 0.25) is 5.02 Å². The zero-order chi connectivity index (χ0) is 11.8. The highest BCUT2D eigenvalue weighted by atomic mass is 35.5. The van der Waals surface area contributed by atoms with Crippen molar-refractivity contribution in [2.45, 2.75) is 39.0 Å².